The van der Waals surface area contributed by atoms with Gasteiger partial charge in [-0.15, -0.1) is 0 Å². The summed E-state index contributed by atoms with van der Waals surface area (Å²) in [6.07, 6.45) is 0.941. The van der Waals surface area contributed by atoms with Gasteiger partial charge in [-0.05, 0) is 25.0 Å². The Morgan fingerprint density at radius 2 is 1.96 bits per heavy atom. The number of hydrogen-bond acceptors (Lipinski definition) is 6. The lowest BCUT2D eigenvalue weighted by Gasteiger charge is -2.43. The van der Waals surface area contributed by atoms with Gasteiger partial charge >= 0.3 is 0 Å². The molecule has 2 aliphatic heterocycles. The number of rotatable bonds is 4. The molecule has 9 heteroatoms. The zero-order chi connectivity index (χ0) is 18.3. The molecule has 2 aliphatic rings. The van der Waals surface area contributed by atoms with E-state index >= 15 is 0 Å². The Labute approximate surface area is 148 Å². The summed E-state index contributed by atoms with van der Waals surface area (Å²) in [4.78, 5) is 2.30. The van der Waals surface area contributed by atoms with Gasteiger partial charge in [0.1, 0.15) is 24.1 Å². The fourth-order valence-corrected chi connectivity index (χ4v) is 2.76. The molecule has 0 aromatic heterocycles. The summed E-state index contributed by atoms with van der Waals surface area (Å²) in [5.41, 5.74) is -0.853. The van der Waals surface area contributed by atoms with E-state index in [2.05, 4.69) is 16.1 Å². The van der Waals surface area contributed by atoms with Gasteiger partial charge in [0, 0.05) is 13.1 Å². The number of thiol groups is 1. The number of nitriles is 1. The molecule has 0 unspecified atom stereocenters. The van der Waals surface area contributed by atoms with Gasteiger partial charge in [-0.3, -0.25) is 4.90 Å². The van der Waals surface area contributed by atoms with Crippen LogP contribution in [0.2, 0.25) is 0 Å². The number of halogens is 1. The maximum absolute atomic E-state index is 14.8. The zero-order valence-electron chi connectivity index (χ0n) is 13.8. The van der Waals surface area contributed by atoms with Crippen LogP contribution in [0.5, 0.6) is 5.75 Å². The van der Waals surface area contributed by atoms with Crippen LogP contribution in [-0.2, 0) is 15.6 Å². The van der Waals surface area contributed by atoms with Crippen LogP contribution >= 0.6 is 0 Å². The smallest absolute Gasteiger partial charge is 0.198 e. The second kappa shape index (κ2) is 9.10. The molecule has 1 aromatic carbocycles. The number of likely N-dealkylation sites (tertiary alicyclic amines) is 1. The van der Waals surface area contributed by atoms with Crippen molar-refractivity contribution < 1.29 is 22.3 Å². The van der Waals surface area contributed by atoms with Crippen LogP contribution in [0.25, 0.3) is 0 Å². The molecular weight excluding hydrogens is 349 g/mol. The van der Waals surface area contributed by atoms with E-state index in [1.54, 1.807) is 24.3 Å². The molecule has 3 rings (SSSR count). The van der Waals surface area contributed by atoms with Gasteiger partial charge in [0.05, 0.1) is 24.8 Å². The lowest BCUT2D eigenvalue weighted by Crippen LogP contribution is -2.55. The summed E-state index contributed by atoms with van der Waals surface area (Å²) in [6, 6.07) is 9.49. The molecule has 138 valence electrons. The predicted octanol–water partition coefficient (Wildman–Crippen LogP) is 0.611. The summed E-state index contributed by atoms with van der Waals surface area (Å²) in [6.45, 7) is 3.04. The van der Waals surface area contributed by atoms with E-state index in [1.165, 1.54) is 0 Å². The number of ether oxygens (including phenoxy) is 2. The first-order valence-corrected chi connectivity index (χ1v) is 9.20. The molecular formula is C16H22FN3O4S. The SMILES string of the molecule is N#Cc1ccccc1OCC1(F)CCN(C2COC2)CC1.N[SH](=O)=O. The highest BCUT2D eigenvalue weighted by molar-refractivity contribution is 7.69. The highest BCUT2D eigenvalue weighted by atomic mass is 32.2. The Hall–Kier alpha value is -1.73. The van der Waals surface area contributed by atoms with E-state index in [1.807, 2.05) is 0 Å². The fourth-order valence-electron chi connectivity index (χ4n) is 2.76. The van der Waals surface area contributed by atoms with Crippen molar-refractivity contribution in [2.24, 2.45) is 5.14 Å². The molecule has 0 aliphatic carbocycles. The lowest BCUT2D eigenvalue weighted by molar-refractivity contribution is -0.0890. The number of alkyl halides is 1. The molecule has 2 saturated heterocycles. The number of nitrogens with two attached hydrogens (primary N) is 1. The molecule has 0 radical (unpaired) electrons. The molecule has 2 fully saturated rings. The minimum absolute atomic E-state index is 0.0146. The normalized spacial score (nSPS) is 20.1. The summed E-state index contributed by atoms with van der Waals surface area (Å²) in [7, 11) is -2.62. The Kier molecular flexibility index (Phi) is 7.13. The van der Waals surface area contributed by atoms with Crippen molar-refractivity contribution >= 4 is 10.9 Å². The van der Waals surface area contributed by atoms with Crippen molar-refractivity contribution in [2.45, 2.75) is 24.6 Å². The molecule has 0 bridgehead atoms. The highest BCUT2D eigenvalue weighted by Gasteiger charge is 2.38. The van der Waals surface area contributed by atoms with Crippen molar-refractivity contribution in [1.82, 2.24) is 4.90 Å². The molecule has 1 aromatic rings. The lowest BCUT2D eigenvalue weighted by atomic mass is 9.93. The minimum atomic E-state index is -2.62. The van der Waals surface area contributed by atoms with Crippen LogP contribution in [-0.4, -0.2) is 57.9 Å². The minimum Gasteiger partial charge on any atom is -0.489 e. The third kappa shape index (κ3) is 5.93. The number of hydrogen-bond donors (Lipinski definition) is 2. The second-order valence-electron chi connectivity index (χ2n) is 6.06. The Balaban J connectivity index is 0.000000511. The van der Waals surface area contributed by atoms with Crippen molar-refractivity contribution in [3.05, 3.63) is 29.8 Å². The summed E-state index contributed by atoms with van der Waals surface area (Å²) in [5, 5.41) is 13.1. The highest BCUT2D eigenvalue weighted by Crippen LogP contribution is 2.30. The molecule has 2 N–H and O–H groups in total. The van der Waals surface area contributed by atoms with Crippen LogP contribution < -0.4 is 9.88 Å². The van der Waals surface area contributed by atoms with Gasteiger partial charge < -0.3 is 9.47 Å². The molecule has 0 amide bonds. The fraction of sp³-hybridized carbons (Fsp3) is 0.562. The number of nitrogens with zero attached hydrogens (tertiary/aromatic N) is 2. The summed E-state index contributed by atoms with van der Waals surface area (Å²) >= 11 is 0. The number of para-hydroxylation sites is 1. The number of benzene rings is 1. The maximum Gasteiger partial charge on any atom is 0.198 e. The van der Waals surface area contributed by atoms with E-state index in [4.69, 9.17) is 23.2 Å². The summed E-state index contributed by atoms with van der Waals surface area (Å²) < 4.78 is 43.2. The van der Waals surface area contributed by atoms with Crippen LogP contribution in [0.1, 0.15) is 18.4 Å². The molecule has 0 atom stereocenters. The van der Waals surface area contributed by atoms with Crippen LogP contribution in [0.3, 0.4) is 0 Å². The molecule has 0 spiro atoms. The van der Waals surface area contributed by atoms with E-state index in [9.17, 15) is 4.39 Å². The van der Waals surface area contributed by atoms with Gasteiger partial charge in [-0.2, -0.15) is 5.26 Å². The zero-order valence-corrected chi connectivity index (χ0v) is 14.7. The predicted molar refractivity (Wildman–Crippen MR) is 90.4 cm³/mol. The molecule has 2 heterocycles. The summed E-state index contributed by atoms with van der Waals surface area (Å²) in [5.74, 6) is 0.465. The van der Waals surface area contributed by atoms with E-state index in [0.29, 0.717) is 30.2 Å². The van der Waals surface area contributed by atoms with Crippen LogP contribution in [0.15, 0.2) is 24.3 Å². The topological polar surface area (TPSA) is 106 Å². The Morgan fingerprint density at radius 1 is 1.36 bits per heavy atom. The quantitative estimate of drug-likeness (QED) is 0.752. The Bertz CT molecular complexity index is 672. The van der Waals surface area contributed by atoms with E-state index < -0.39 is 16.6 Å². The van der Waals surface area contributed by atoms with Gasteiger partial charge in [-0.1, -0.05) is 12.1 Å². The van der Waals surface area contributed by atoms with Crippen molar-refractivity contribution in [3.63, 3.8) is 0 Å². The third-order valence-corrected chi connectivity index (χ3v) is 4.32. The average molecular weight is 371 g/mol. The van der Waals surface area contributed by atoms with Crippen molar-refractivity contribution in [1.29, 1.82) is 5.26 Å². The first-order valence-electron chi connectivity index (χ1n) is 7.95. The Morgan fingerprint density at radius 3 is 2.48 bits per heavy atom. The maximum atomic E-state index is 14.8. The van der Waals surface area contributed by atoms with E-state index in [0.717, 1.165) is 26.3 Å². The molecule has 25 heavy (non-hydrogen) atoms. The first kappa shape index (κ1) is 19.6. The second-order valence-corrected chi connectivity index (χ2v) is 6.63. The average Bonchev–Trinajstić information content (AvgIpc) is 2.53. The van der Waals surface area contributed by atoms with Crippen LogP contribution in [0, 0.1) is 11.3 Å². The van der Waals surface area contributed by atoms with Gasteiger partial charge in [-0.25, -0.2) is 17.9 Å². The van der Waals surface area contributed by atoms with Crippen molar-refractivity contribution in [2.75, 3.05) is 32.9 Å². The van der Waals surface area contributed by atoms with Gasteiger partial charge in [0.2, 0.25) is 0 Å². The largest absolute Gasteiger partial charge is 0.489 e. The monoisotopic (exact) mass is 371 g/mol. The molecule has 0 saturated carbocycles. The van der Waals surface area contributed by atoms with E-state index in [-0.39, 0.29) is 6.61 Å². The van der Waals surface area contributed by atoms with Crippen LogP contribution in [0.4, 0.5) is 4.39 Å². The standard InChI is InChI=1S/C16H19FN2O2.H3NO2S/c17-16(5-7-19(8-6-16)14-10-20-11-14)12-21-15-4-2-1-3-13(15)9-18;1-4(2)3/h1-4,14H,5-8,10-12H2;4H,(H2,1,2,3). The van der Waals surface area contributed by atoms with Crippen molar-refractivity contribution in [3.8, 4) is 11.8 Å². The third-order valence-electron chi connectivity index (χ3n) is 4.32. The van der Waals surface area contributed by atoms with Gasteiger partial charge in [0.15, 0.2) is 10.9 Å². The van der Waals surface area contributed by atoms with Gasteiger partial charge in [0.25, 0.3) is 0 Å². The number of piperidine rings is 1. The molecule has 7 nitrogen and oxygen atoms in total. The first-order chi connectivity index (χ1) is 11.9.